The van der Waals surface area contributed by atoms with Gasteiger partial charge >= 0.3 is 10.1 Å². The maximum absolute atomic E-state index is 10.6. The Morgan fingerprint density at radius 3 is 1.61 bits per heavy atom. The van der Waals surface area contributed by atoms with E-state index in [-0.39, 0.29) is 4.90 Å². The summed E-state index contributed by atoms with van der Waals surface area (Å²) in [4.78, 5) is 8.66. The highest BCUT2D eigenvalue weighted by molar-refractivity contribution is 7.86. The van der Waals surface area contributed by atoms with Gasteiger partial charge in [0.1, 0.15) is 0 Å². The molecule has 124 valence electrons. The molecule has 0 radical (unpaired) electrons. The van der Waals surface area contributed by atoms with Gasteiger partial charge in [0.25, 0.3) is 15.8 Å². The minimum atomic E-state index is -4.52. The fourth-order valence-electron chi connectivity index (χ4n) is 1.42. The standard InChI is InChI=1S/C6H5NO5S.C6H6O3S/c8-7(9)5-3-1-2-4-6(5)13(10,11)12;7-10(8,9)6-4-2-1-3-5-6/h1-4H,(H,10,11,12);1-5H,(H,7,8,9). The number of rotatable bonds is 3. The molecule has 9 nitrogen and oxygen atoms in total. The zero-order valence-corrected chi connectivity index (χ0v) is 12.9. The molecule has 0 spiro atoms. The van der Waals surface area contributed by atoms with Crippen molar-refractivity contribution in [2.75, 3.05) is 0 Å². The van der Waals surface area contributed by atoms with Crippen molar-refractivity contribution in [3.63, 3.8) is 0 Å². The first-order valence-corrected chi connectivity index (χ1v) is 8.65. The van der Waals surface area contributed by atoms with Gasteiger partial charge in [0.15, 0.2) is 4.90 Å². The molecule has 2 N–H and O–H groups in total. The van der Waals surface area contributed by atoms with Crippen LogP contribution in [0, 0.1) is 10.1 Å². The minimum Gasteiger partial charge on any atom is -0.282 e. The van der Waals surface area contributed by atoms with Crippen molar-refractivity contribution in [3.8, 4) is 0 Å². The average Bonchev–Trinajstić information content (AvgIpc) is 2.47. The molecule has 0 aliphatic carbocycles. The van der Waals surface area contributed by atoms with Crippen LogP contribution in [-0.2, 0) is 20.2 Å². The third-order valence-electron chi connectivity index (χ3n) is 2.38. The summed E-state index contributed by atoms with van der Waals surface area (Å²) in [6.45, 7) is 0. The van der Waals surface area contributed by atoms with Gasteiger partial charge in [-0.05, 0) is 18.2 Å². The molecule has 0 saturated carbocycles. The van der Waals surface area contributed by atoms with Crippen LogP contribution in [0.4, 0.5) is 5.69 Å². The summed E-state index contributed by atoms with van der Waals surface area (Å²) >= 11 is 0. The molecule has 0 saturated heterocycles. The molecule has 2 aromatic rings. The van der Waals surface area contributed by atoms with E-state index < -0.39 is 35.7 Å². The second-order valence-electron chi connectivity index (χ2n) is 3.99. The Kier molecular flexibility index (Phi) is 5.92. The molecule has 0 aromatic heterocycles. The summed E-state index contributed by atoms with van der Waals surface area (Å²) in [7, 11) is -8.52. The van der Waals surface area contributed by atoms with Crippen molar-refractivity contribution in [2.24, 2.45) is 0 Å². The topological polar surface area (TPSA) is 152 Å². The number of benzene rings is 2. The van der Waals surface area contributed by atoms with Gasteiger partial charge in [-0.15, -0.1) is 0 Å². The van der Waals surface area contributed by atoms with Crippen LogP contribution in [0.1, 0.15) is 0 Å². The molecule has 0 heterocycles. The van der Waals surface area contributed by atoms with Crippen LogP contribution in [0.15, 0.2) is 64.4 Å². The third-order valence-corrected chi connectivity index (χ3v) is 4.15. The Labute approximate surface area is 131 Å². The van der Waals surface area contributed by atoms with Gasteiger partial charge in [-0.1, -0.05) is 30.3 Å². The van der Waals surface area contributed by atoms with Gasteiger partial charge in [0.05, 0.1) is 9.82 Å². The Morgan fingerprint density at radius 2 is 1.26 bits per heavy atom. The first-order valence-electron chi connectivity index (χ1n) is 5.77. The van der Waals surface area contributed by atoms with Gasteiger partial charge in [0.2, 0.25) is 0 Å². The van der Waals surface area contributed by atoms with E-state index in [4.69, 9.17) is 9.11 Å². The lowest BCUT2D eigenvalue weighted by Gasteiger charge is -1.97. The van der Waals surface area contributed by atoms with Crippen LogP contribution < -0.4 is 0 Å². The van der Waals surface area contributed by atoms with Gasteiger partial charge in [-0.3, -0.25) is 19.2 Å². The molecule has 2 aromatic carbocycles. The van der Waals surface area contributed by atoms with E-state index in [0.29, 0.717) is 0 Å². The summed E-state index contributed by atoms with van der Waals surface area (Å²) in [5.41, 5.74) is -0.634. The van der Waals surface area contributed by atoms with Crippen LogP contribution in [0.5, 0.6) is 0 Å². The largest absolute Gasteiger partial charge is 0.301 e. The molecular weight excluding hydrogens is 350 g/mol. The lowest BCUT2D eigenvalue weighted by atomic mass is 10.3. The van der Waals surface area contributed by atoms with E-state index in [1.54, 1.807) is 18.2 Å². The molecule has 2 rings (SSSR count). The lowest BCUT2D eigenvalue weighted by molar-refractivity contribution is -0.387. The lowest BCUT2D eigenvalue weighted by Crippen LogP contribution is -2.02. The van der Waals surface area contributed by atoms with Gasteiger partial charge in [0, 0.05) is 6.07 Å². The van der Waals surface area contributed by atoms with Crippen LogP contribution in [0.2, 0.25) is 0 Å². The Bertz CT molecular complexity index is 892. The van der Waals surface area contributed by atoms with Crippen molar-refractivity contribution in [3.05, 3.63) is 64.7 Å². The van der Waals surface area contributed by atoms with Crippen molar-refractivity contribution < 1.29 is 30.9 Å². The van der Waals surface area contributed by atoms with Crippen molar-refractivity contribution in [1.82, 2.24) is 0 Å². The van der Waals surface area contributed by atoms with Gasteiger partial charge in [-0.2, -0.15) is 16.8 Å². The SMILES string of the molecule is O=S(=O)(O)c1ccccc1.O=[N+]([O-])c1ccccc1S(=O)(=O)O. The van der Waals surface area contributed by atoms with Crippen molar-refractivity contribution in [2.45, 2.75) is 9.79 Å². The molecule has 11 heteroatoms. The molecule has 0 fully saturated rings. The van der Waals surface area contributed by atoms with Crippen LogP contribution >= 0.6 is 0 Å². The number of nitro groups is 1. The first kappa shape index (κ1) is 18.7. The normalized spacial score (nSPS) is 11.2. The zero-order chi connectivity index (χ0) is 17.7. The summed E-state index contributed by atoms with van der Waals surface area (Å²) in [5.74, 6) is 0. The molecular formula is C12H11NO8S2. The first-order chi connectivity index (χ1) is 10.5. The summed E-state index contributed by atoms with van der Waals surface area (Å²) < 4.78 is 59.0. The average molecular weight is 361 g/mol. The number of nitrogens with zero attached hydrogens (tertiary/aromatic N) is 1. The highest BCUT2D eigenvalue weighted by Crippen LogP contribution is 2.21. The second-order valence-corrected chi connectivity index (χ2v) is 6.80. The number of hydrogen-bond acceptors (Lipinski definition) is 6. The predicted molar refractivity (Wildman–Crippen MR) is 79.2 cm³/mol. The molecule has 0 aliphatic rings. The number of hydrogen-bond donors (Lipinski definition) is 2. The quantitative estimate of drug-likeness (QED) is 0.476. The van der Waals surface area contributed by atoms with E-state index in [9.17, 15) is 26.9 Å². The maximum Gasteiger partial charge on any atom is 0.301 e. The predicted octanol–water partition coefficient (Wildman–Crippen LogP) is 1.77. The Balaban J connectivity index is 0.000000238. The van der Waals surface area contributed by atoms with E-state index in [1.165, 1.54) is 24.3 Å². The van der Waals surface area contributed by atoms with E-state index in [1.807, 2.05) is 0 Å². The highest BCUT2D eigenvalue weighted by atomic mass is 32.2. The van der Waals surface area contributed by atoms with E-state index in [0.717, 1.165) is 12.1 Å². The molecule has 0 amide bonds. The number of nitro benzene ring substituents is 1. The fourth-order valence-corrected chi connectivity index (χ4v) is 2.58. The molecule has 0 atom stereocenters. The highest BCUT2D eigenvalue weighted by Gasteiger charge is 2.22. The van der Waals surface area contributed by atoms with Crippen molar-refractivity contribution >= 4 is 25.9 Å². The molecule has 23 heavy (non-hydrogen) atoms. The van der Waals surface area contributed by atoms with E-state index in [2.05, 4.69) is 0 Å². The Hall–Kier alpha value is -2.34. The summed E-state index contributed by atoms with van der Waals surface area (Å²) in [6, 6.07) is 12.0. The van der Waals surface area contributed by atoms with E-state index >= 15 is 0 Å². The fraction of sp³-hybridized carbons (Fsp3) is 0. The van der Waals surface area contributed by atoms with Crippen LogP contribution in [0.3, 0.4) is 0 Å². The zero-order valence-electron chi connectivity index (χ0n) is 11.3. The summed E-state index contributed by atoms with van der Waals surface area (Å²) in [5, 5.41) is 10.3. The third kappa shape index (κ3) is 5.75. The van der Waals surface area contributed by atoms with Gasteiger partial charge < -0.3 is 0 Å². The van der Waals surface area contributed by atoms with Crippen LogP contribution in [-0.4, -0.2) is 30.9 Å². The second kappa shape index (κ2) is 7.28. The summed E-state index contributed by atoms with van der Waals surface area (Å²) in [6.07, 6.45) is 0. The van der Waals surface area contributed by atoms with Crippen LogP contribution in [0.25, 0.3) is 0 Å². The molecule has 0 unspecified atom stereocenters. The molecule has 0 aliphatic heterocycles. The van der Waals surface area contributed by atoms with Crippen molar-refractivity contribution in [1.29, 1.82) is 0 Å². The van der Waals surface area contributed by atoms with Gasteiger partial charge in [-0.25, -0.2) is 0 Å². The smallest absolute Gasteiger partial charge is 0.282 e. The monoisotopic (exact) mass is 361 g/mol. The maximum atomic E-state index is 10.6. The minimum absolute atomic E-state index is 0.0741. The Morgan fingerprint density at radius 1 is 0.783 bits per heavy atom. The number of para-hydroxylation sites is 1. The molecule has 0 bridgehead atoms.